The van der Waals surface area contributed by atoms with Gasteiger partial charge < -0.3 is 48.8 Å². The quantitative estimate of drug-likeness (QED) is 0.154. The van der Waals surface area contributed by atoms with Gasteiger partial charge in [-0.2, -0.15) is 0 Å². The van der Waals surface area contributed by atoms with Crippen molar-refractivity contribution in [2.24, 2.45) is 0 Å². The number of aromatic nitrogens is 5. The maximum atomic E-state index is 6.76. The molecule has 0 bridgehead atoms. The molecule has 0 aliphatic carbocycles. The predicted octanol–water partition coefficient (Wildman–Crippen LogP) is 37.6. The number of benzene rings is 22. The Morgan fingerprint density at radius 1 is 0.163 bits per heavy atom. The second-order valence-electron chi connectivity index (χ2n) is 41.0. The van der Waals surface area contributed by atoms with Crippen LogP contribution in [0.3, 0.4) is 0 Å². The predicted molar refractivity (Wildman–Crippen MR) is 615 cm³/mol. The molecular weight excluding hydrogens is 1820 g/mol. The van der Waals surface area contributed by atoms with Gasteiger partial charge in [-0.15, -0.1) is 0 Å². The fourth-order valence-electron chi connectivity index (χ4n) is 25.9. The largest absolute Gasteiger partial charge is 0.454 e. The zero-order chi connectivity index (χ0) is 95.9. The van der Waals surface area contributed by atoms with Crippen molar-refractivity contribution >= 4 is 303 Å². The lowest BCUT2D eigenvalue weighted by atomic mass is 9.95. The molecule has 11 nitrogen and oxygen atoms in total. The van der Waals surface area contributed by atoms with Gasteiger partial charge in [0.05, 0.1) is 79.8 Å². The first-order valence-corrected chi connectivity index (χ1v) is 54.0. The first kappa shape index (κ1) is 79.5. The normalized spacial score (nSPS) is 12.7. The minimum absolute atomic E-state index is 0.894. The average Bonchev–Trinajstić information content (AvgIpc) is 1.52. The van der Waals surface area contributed by atoms with E-state index in [1.165, 1.54) is 163 Å². The van der Waals surface area contributed by atoms with E-state index in [0.29, 0.717) is 0 Å². The molecule has 0 N–H and O–H groups in total. The molecule has 36 aromatic rings. The lowest BCUT2D eigenvalue weighted by Crippen LogP contribution is -2.37. The highest BCUT2D eigenvalue weighted by atomic mass is 28.3. The molecule has 0 amide bonds. The average molecular weight is 1900 g/mol. The molecule has 0 radical (unpaired) electrons. The molecule has 0 fully saturated rings. The minimum atomic E-state index is -1.39. The van der Waals surface area contributed by atoms with E-state index in [-0.39, 0.29) is 0 Å². The van der Waals surface area contributed by atoms with Crippen LogP contribution in [0.4, 0.5) is 0 Å². The zero-order valence-electron chi connectivity index (χ0n) is 79.6. The molecule has 0 aliphatic heterocycles. The van der Waals surface area contributed by atoms with Crippen molar-refractivity contribution in [3.63, 3.8) is 0 Å². The molecule has 14 aromatic heterocycles. The van der Waals surface area contributed by atoms with Crippen molar-refractivity contribution in [3.8, 4) is 44.8 Å². The van der Waals surface area contributed by atoms with E-state index in [9.17, 15) is 0 Å². The fraction of sp³-hybridized carbons (Fsp3) is 0.0222. The summed E-state index contributed by atoms with van der Waals surface area (Å²) >= 11 is 0. The monoisotopic (exact) mass is 1890 g/mol. The smallest absolute Gasteiger partial charge is 0.160 e. The highest BCUT2D eigenvalue weighted by Gasteiger charge is 2.33. The van der Waals surface area contributed by atoms with Crippen molar-refractivity contribution in [3.05, 3.63) is 425 Å². The SMILES string of the molecule is C[Si](C)(C)c1ccc(-c2cc3c4ccc5c6ccccc6oc5c4n4c3c(c2)c2ccc3c5ccccc5oc3c24)cc1.c1ccc(-n2c3ccccc3c3c(-c4cc5c6ccc7c8ccccc8oc7c6n6c5c(c4)c4ccc5c7ccccc7oc5c46)cccc32)cc1.c1ccc(-n2c3ccccc3c3cc(-c4cc5c6ccc7c8ccccc8oc7c6n6c5c(c4)c4ccc5c7ccccc7oc5c46)ccc32)cc1. The van der Waals surface area contributed by atoms with E-state index in [1.54, 1.807) is 0 Å². The van der Waals surface area contributed by atoms with Crippen LogP contribution in [0, 0.1) is 0 Å². The van der Waals surface area contributed by atoms with Crippen LogP contribution in [-0.4, -0.2) is 30.4 Å². The Morgan fingerprint density at radius 3 is 0.769 bits per heavy atom. The number of rotatable bonds is 6. The van der Waals surface area contributed by atoms with Gasteiger partial charge in [0.1, 0.15) is 33.5 Å². The van der Waals surface area contributed by atoms with Crippen molar-refractivity contribution < 1.29 is 26.5 Å². The Labute approximate surface area is 834 Å². The van der Waals surface area contributed by atoms with Gasteiger partial charge in [0, 0.05) is 162 Å². The van der Waals surface area contributed by atoms with Gasteiger partial charge >= 0.3 is 0 Å². The van der Waals surface area contributed by atoms with Gasteiger partial charge in [-0.3, -0.25) is 0 Å². The summed E-state index contributed by atoms with van der Waals surface area (Å²) in [5.74, 6) is 0. The fourth-order valence-corrected chi connectivity index (χ4v) is 27.1. The van der Waals surface area contributed by atoms with Crippen LogP contribution >= 0.6 is 0 Å². The molecule has 0 atom stereocenters. The van der Waals surface area contributed by atoms with Crippen LogP contribution < -0.4 is 5.19 Å². The first-order chi connectivity index (χ1) is 72.6. The first-order valence-electron chi connectivity index (χ1n) is 50.5. The molecule has 0 aliphatic rings. The van der Waals surface area contributed by atoms with Crippen LogP contribution in [0.25, 0.3) is 334 Å². The Morgan fingerprint density at radius 2 is 0.422 bits per heavy atom. The number of furan rings is 6. The van der Waals surface area contributed by atoms with Crippen LogP contribution in [-0.2, 0) is 0 Å². The van der Waals surface area contributed by atoms with Crippen LogP contribution in [0.15, 0.2) is 451 Å². The van der Waals surface area contributed by atoms with Gasteiger partial charge in [-0.05, 0) is 197 Å². The lowest BCUT2D eigenvalue weighted by Gasteiger charge is -2.16. The molecule has 36 rings (SSSR count). The third kappa shape index (κ3) is 10.7. The van der Waals surface area contributed by atoms with Gasteiger partial charge in [-0.1, -0.05) is 286 Å². The topological polar surface area (TPSA) is 102 Å². The lowest BCUT2D eigenvalue weighted by molar-refractivity contribution is 0.669. The summed E-state index contributed by atoms with van der Waals surface area (Å²) in [4.78, 5) is 0. The van der Waals surface area contributed by atoms with E-state index in [0.717, 1.165) is 176 Å². The second kappa shape index (κ2) is 28.9. The van der Waals surface area contributed by atoms with Gasteiger partial charge in [0.25, 0.3) is 0 Å². The summed E-state index contributed by atoms with van der Waals surface area (Å²) < 4.78 is 52.3. The summed E-state index contributed by atoms with van der Waals surface area (Å²) in [7, 11) is -1.39. The Balaban J connectivity index is 0.0000000950. The summed E-state index contributed by atoms with van der Waals surface area (Å²) in [5.41, 5.74) is 35.3. The number of nitrogens with zero attached hydrogens (tertiary/aromatic N) is 5. The zero-order valence-corrected chi connectivity index (χ0v) is 80.6. The van der Waals surface area contributed by atoms with Crippen LogP contribution in [0.5, 0.6) is 0 Å². The third-order valence-electron chi connectivity index (χ3n) is 32.3. The van der Waals surface area contributed by atoms with Crippen molar-refractivity contribution in [2.75, 3.05) is 0 Å². The number of fused-ring (bicyclic) bond motifs is 48. The molecule has 147 heavy (non-hydrogen) atoms. The third-order valence-corrected chi connectivity index (χ3v) is 34.4. The van der Waals surface area contributed by atoms with Gasteiger partial charge in [-0.25, -0.2) is 0 Å². The van der Waals surface area contributed by atoms with Gasteiger partial charge in [0.15, 0.2) is 33.5 Å². The summed E-state index contributed by atoms with van der Waals surface area (Å²) in [6.07, 6.45) is 0. The van der Waals surface area contributed by atoms with Crippen LogP contribution in [0.2, 0.25) is 19.6 Å². The van der Waals surface area contributed by atoms with Crippen molar-refractivity contribution in [2.45, 2.75) is 19.6 Å². The molecule has 0 spiro atoms. The Hall–Kier alpha value is -19.1. The summed E-state index contributed by atoms with van der Waals surface area (Å²) in [6.45, 7) is 7.20. The molecule has 0 saturated carbocycles. The molecule has 0 unspecified atom stereocenters. The maximum Gasteiger partial charge on any atom is 0.160 e. The minimum Gasteiger partial charge on any atom is -0.454 e. The standard InChI is InChI=1S/2C48H26N2O2.C39H27NO2Si/c1-2-11-28(12-3-1)49-39-17-7-4-15-36(39)43-29(16-10-18-40(43)49)27-25-37-32-21-23-34-30-13-5-8-19-41(30)51-47(34)45(32)50-44(37)38(26-27)33-22-24-35-31-14-6-9-20-42(31)52-48(35)46(33)50;1-2-10-29(11-3-1)49-40-15-7-4-12-30(40)37-24-27(18-23-41(37)49)28-25-38-33-19-21-35-31-13-5-8-16-42(31)51-47(35)45(33)50-44(38)39(26-28)34-20-22-36-32-14-6-9-17-43(32)52-48(36)46(34)50;1-43(2,3)24-14-12-22(13-15-24)23-20-31-27-16-18-29-25-8-4-6-10-33(25)41-38(29)36(27)40-35(31)32(21-23)28-17-19-30-26-9-5-7-11-34(26)42-39(30)37(28)40/h2*1-26H;4-21H,1-3H3. The molecule has 14 heterocycles. The number of hydrogen-bond donors (Lipinski definition) is 0. The molecule has 22 aromatic carbocycles. The Bertz CT molecular complexity index is 11700. The highest BCUT2D eigenvalue weighted by molar-refractivity contribution is 6.88. The Kier molecular flexibility index (Phi) is 15.6. The molecule has 684 valence electrons. The van der Waals surface area contributed by atoms with Crippen molar-refractivity contribution in [1.82, 2.24) is 22.3 Å². The number of para-hydroxylation sites is 10. The summed E-state index contributed by atoms with van der Waals surface area (Å²) in [6, 6.07) is 153. The highest BCUT2D eigenvalue weighted by Crippen LogP contribution is 2.55. The van der Waals surface area contributed by atoms with E-state index in [4.69, 9.17) is 26.5 Å². The molecule has 12 heteroatoms. The van der Waals surface area contributed by atoms with E-state index in [1.807, 2.05) is 36.4 Å². The van der Waals surface area contributed by atoms with Crippen LogP contribution in [0.1, 0.15) is 0 Å². The number of hydrogen-bond acceptors (Lipinski definition) is 6. The molecular formula is C135H79N5O6Si. The van der Waals surface area contributed by atoms with E-state index in [2.05, 4.69) is 430 Å². The summed E-state index contributed by atoms with van der Waals surface area (Å²) in [5, 5.41) is 34.3. The van der Waals surface area contributed by atoms with E-state index < -0.39 is 8.07 Å². The molecule has 0 saturated heterocycles. The second-order valence-corrected chi connectivity index (χ2v) is 46.1. The van der Waals surface area contributed by atoms with Crippen molar-refractivity contribution in [1.29, 1.82) is 0 Å². The van der Waals surface area contributed by atoms with E-state index >= 15 is 0 Å². The maximum absolute atomic E-state index is 6.76. The van der Waals surface area contributed by atoms with Gasteiger partial charge in [0.2, 0.25) is 0 Å².